The zero-order valence-electron chi connectivity index (χ0n) is 9.63. The van der Waals surface area contributed by atoms with Crippen molar-refractivity contribution in [1.29, 1.82) is 0 Å². The first-order valence-electron chi connectivity index (χ1n) is 5.28. The summed E-state index contributed by atoms with van der Waals surface area (Å²) in [6.45, 7) is 0.934. The summed E-state index contributed by atoms with van der Waals surface area (Å²) in [6.07, 6.45) is 0.691. The largest absolute Gasteiger partial charge is 0.491 e. The van der Waals surface area contributed by atoms with Crippen LogP contribution in [0, 0.1) is 5.82 Å². The molecule has 1 rings (SSSR count). The molecule has 0 saturated carbocycles. The van der Waals surface area contributed by atoms with Gasteiger partial charge in [-0.05, 0) is 25.1 Å². The summed E-state index contributed by atoms with van der Waals surface area (Å²) in [7, 11) is 1.48. The standard InChI is InChI=1S/C11H16FN3O2/c1-14-11(16)15-9-7-8(12)3-4-10(9)17-6-2-5-13/h3-4,7H,2,5-6,13H2,1H3,(H2,14,15,16). The Balaban J connectivity index is 2.76. The van der Waals surface area contributed by atoms with Crippen molar-refractivity contribution in [3.8, 4) is 5.75 Å². The van der Waals surface area contributed by atoms with Crippen LogP contribution in [0.1, 0.15) is 6.42 Å². The summed E-state index contributed by atoms with van der Waals surface area (Å²) in [5.41, 5.74) is 5.63. The van der Waals surface area contributed by atoms with Crippen LogP contribution in [0.2, 0.25) is 0 Å². The zero-order valence-corrected chi connectivity index (χ0v) is 9.63. The van der Waals surface area contributed by atoms with Gasteiger partial charge >= 0.3 is 6.03 Å². The Morgan fingerprint density at radius 1 is 1.53 bits per heavy atom. The van der Waals surface area contributed by atoms with Crippen molar-refractivity contribution in [2.45, 2.75) is 6.42 Å². The van der Waals surface area contributed by atoms with E-state index in [1.807, 2.05) is 0 Å². The van der Waals surface area contributed by atoms with Crippen molar-refractivity contribution < 1.29 is 13.9 Å². The van der Waals surface area contributed by atoms with E-state index in [4.69, 9.17) is 10.5 Å². The first-order chi connectivity index (χ1) is 8.17. The van der Waals surface area contributed by atoms with Crippen LogP contribution >= 0.6 is 0 Å². The van der Waals surface area contributed by atoms with Gasteiger partial charge < -0.3 is 21.1 Å². The maximum atomic E-state index is 13.0. The number of anilines is 1. The molecule has 4 N–H and O–H groups in total. The summed E-state index contributed by atoms with van der Waals surface area (Å²) in [5, 5.41) is 4.86. The molecule has 5 nitrogen and oxygen atoms in total. The molecule has 1 aromatic rings. The highest BCUT2D eigenvalue weighted by Crippen LogP contribution is 2.25. The second-order valence-electron chi connectivity index (χ2n) is 3.34. The van der Waals surface area contributed by atoms with E-state index in [9.17, 15) is 9.18 Å². The van der Waals surface area contributed by atoms with Crippen LogP contribution in [-0.4, -0.2) is 26.2 Å². The van der Waals surface area contributed by atoms with E-state index in [-0.39, 0.29) is 0 Å². The molecule has 0 bridgehead atoms. The molecule has 6 heteroatoms. The molecule has 0 atom stereocenters. The minimum Gasteiger partial charge on any atom is -0.491 e. The van der Waals surface area contributed by atoms with Gasteiger partial charge in [0.15, 0.2) is 0 Å². The number of amides is 2. The van der Waals surface area contributed by atoms with E-state index in [0.717, 1.165) is 0 Å². The van der Waals surface area contributed by atoms with Crippen LogP contribution < -0.4 is 21.1 Å². The fourth-order valence-corrected chi connectivity index (χ4v) is 1.18. The monoisotopic (exact) mass is 241 g/mol. The van der Waals surface area contributed by atoms with Crippen LogP contribution in [0.4, 0.5) is 14.9 Å². The number of benzene rings is 1. The number of nitrogens with two attached hydrogens (primary N) is 1. The predicted octanol–water partition coefficient (Wildman–Crippen LogP) is 1.30. The van der Waals surface area contributed by atoms with Crippen LogP contribution in [-0.2, 0) is 0 Å². The highest BCUT2D eigenvalue weighted by atomic mass is 19.1. The van der Waals surface area contributed by atoms with Crippen molar-refractivity contribution in [3.05, 3.63) is 24.0 Å². The second kappa shape index (κ2) is 6.70. The summed E-state index contributed by atoms with van der Waals surface area (Å²) < 4.78 is 18.4. The minimum atomic E-state index is -0.442. The van der Waals surface area contributed by atoms with Crippen molar-refractivity contribution in [1.82, 2.24) is 5.32 Å². The molecule has 0 spiro atoms. The van der Waals surface area contributed by atoms with Crippen molar-refractivity contribution in [2.75, 3.05) is 25.5 Å². The molecule has 94 valence electrons. The number of hydrogen-bond donors (Lipinski definition) is 3. The highest BCUT2D eigenvalue weighted by Gasteiger charge is 2.08. The molecular weight excluding hydrogens is 225 g/mol. The molecule has 0 saturated heterocycles. The summed E-state index contributed by atoms with van der Waals surface area (Å²) in [6, 6.07) is 3.51. The van der Waals surface area contributed by atoms with Gasteiger partial charge in [-0.2, -0.15) is 0 Å². The molecule has 0 fully saturated rings. The average molecular weight is 241 g/mol. The number of hydrogen-bond acceptors (Lipinski definition) is 3. The fraction of sp³-hybridized carbons (Fsp3) is 0.364. The first kappa shape index (κ1) is 13.2. The van der Waals surface area contributed by atoms with Gasteiger partial charge in [0.2, 0.25) is 0 Å². The van der Waals surface area contributed by atoms with E-state index in [0.29, 0.717) is 31.0 Å². The lowest BCUT2D eigenvalue weighted by molar-refractivity contribution is 0.253. The molecule has 0 unspecified atom stereocenters. The van der Waals surface area contributed by atoms with E-state index < -0.39 is 11.8 Å². The van der Waals surface area contributed by atoms with Gasteiger partial charge in [0.1, 0.15) is 11.6 Å². The number of carbonyl (C=O) groups is 1. The van der Waals surface area contributed by atoms with E-state index in [1.165, 1.54) is 25.2 Å². The Morgan fingerprint density at radius 2 is 2.29 bits per heavy atom. The third-order valence-electron chi connectivity index (χ3n) is 2.02. The summed E-state index contributed by atoms with van der Waals surface area (Å²) in [4.78, 5) is 11.2. The normalized spacial score (nSPS) is 9.82. The van der Waals surface area contributed by atoms with Crippen molar-refractivity contribution >= 4 is 11.7 Å². The van der Waals surface area contributed by atoms with Crippen molar-refractivity contribution in [2.24, 2.45) is 5.73 Å². The van der Waals surface area contributed by atoms with Crippen LogP contribution in [0.25, 0.3) is 0 Å². The Hall–Kier alpha value is -1.82. The maximum Gasteiger partial charge on any atom is 0.319 e. The average Bonchev–Trinajstić information content (AvgIpc) is 2.32. The third-order valence-corrected chi connectivity index (χ3v) is 2.02. The third kappa shape index (κ3) is 4.28. The lowest BCUT2D eigenvalue weighted by Gasteiger charge is -2.12. The zero-order chi connectivity index (χ0) is 12.7. The van der Waals surface area contributed by atoms with Crippen LogP contribution in [0.15, 0.2) is 18.2 Å². The topological polar surface area (TPSA) is 76.4 Å². The second-order valence-corrected chi connectivity index (χ2v) is 3.34. The van der Waals surface area contributed by atoms with Gasteiger partial charge in [-0.15, -0.1) is 0 Å². The number of urea groups is 1. The van der Waals surface area contributed by atoms with Gasteiger partial charge in [-0.3, -0.25) is 0 Å². The molecule has 2 amide bonds. The number of rotatable bonds is 5. The fourth-order valence-electron chi connectivity index (χ4n) is 1.18. The predicted molar refractivity (Wildman–Crippen MR) is 63.6 cm³/mol. The maximum absolute atomic E-state index is 13.0. The van der Waals surface area contributed by atoms with E-state index in [1.54, 1.807) is 0 Å². The van der Waals surface area contributed by atoms with Crippen LogP contribution in [0.5, 0.6) is 5.75 Å². The van der Waals surface area contributed by atoms with E-state index >= 15 is 0 Å². The van der Waals surface area contributed by atoms with Gasteiger partial charge in [0, 0.05) is 13.1 Å². The minimum absolute atomic E-state index is 0.293. The SMILES string of the molecule is CNC(=O)Nc1cc(F)ccc1OCCCN. The molecule has 0 aliphatic carbocycles. The molecule has 0 radical (unpaired) electrons. The molecular formula is C11H16FN3O2. The first-order valence-corrected chi connectivity index (χ1v) is 5.28. The van der Waals surface area contributed by atoms with Crippen LogP contribution in [0.3, 0.4) is 0 Å². The summed E-state index contributed by atoms with van der Waals surface area (Å²) in [5.74, 6) is -0.0222. The summed E-state index contributed by atoms with van der Waals surface area (Å²) >= 11 is 0. The number of ether oxygens (including phenoxy) is 1. The molecule has 0 aromatic heterocycles. The van der Waals surface area contributed by atoms with E-state index in [2.05, 4.69) is 10.6 Å². The smallest absolute Gasteiger partial charge is 0.319 e. The highest BCUT2D eigenvalue weighted by molar-refractivity contribution is 5.90. The number of halogens is 1. The molecule has 0 aliphatic heterocycles. The Morgan fingerprint density at radius 3 is 2.94 bits per heavy atom. The van der Waals surface area contributed by atoms with Crippen molar-refractivity contribution in [3.63, 3.8) is 0 Å². The quantitative estimate of drug-likeness (QED) is 0.680. The van der Waals surface area contributed by atoms with Gasteiger partial charge in [0.05, 0.1) is 12.3 Å². The molecule has 0 aliphatic rings. The van der Waals surface area contributed by atoms with Gasteiger partial charge in [-0.1, -0.05) is 0 Å². The molecule has 17 heavy (non-hydrogen) atoms. The number of carbonyl (C=O) groups excluding carboxylic acids is 1. The lowest BCUT2D eigenvalue weighted by Crippen LogP contribution is -2.24. The Kier molecular flexibility index (Phi) is 5.22. The van der Waals surface area contributed by atoms with Gasteiger partial charge in [0.25, 0.3) is 0 Å². The van der Waals surface area contributed by atoms with Gasteiger partial charge in [-0.25, -0.2) is 9.18 Å². The Labute approximate surface area is 99.1 Å². The molecule has 0 heterocycles. The number of nitrogens with one attached hydrogen (secondary N) is 2. The Bertz CT molecular complexity index is 385. The molecule has 1 aromatic carbocycles. The lowest BCUT2D eigenvalue weighted by atomic mass is 10.3.